The number of hydrogen-bond donors (Lipinski definition) is 0. The summed E-state index contributed by atoms with van der Waals surface area (Å²) in [6.07, 6.45) is 0.600. The molecule has 2 heteroatoms. The molecule has 0 radical (unpaired) electrons. The lowest BCUT2D eigenvalue weighted by Crippen LogP contribution is -2.31. The normalized spacial score (nSPS) is 10.9. The number of aryl methyl sites for hydroxylation is 2. The second-order valence-corrected chi connectivity index (χ2v) is 4.84. The summed E-state index contributed by atoms with van der Waals surface area (Å²) in [4.78, 5) is 2.36. The van der Waals surface area contributed by atoms with Gasteiger partial charge in [0.25, 0.3) is 0 Å². The molecular weight excluding hydrogens is 208 g/mol. The molecule has 0 fully saturated rings. The summed E-state index contributed by atoms with van der Waals surface area (Å²) in [6, 6.07) is 9.12. The van der Waals surface area contributed by atoms with Crippen LogP contribution in [0.4, 0.5) is 0 Å². The van der Waals surface area contributed by atoms with E-state index in [-0.39, 0.29) is 0 Å². The van der Waals surface area contributed by atoms with Gasteiger partial charge in [0.2, 0.25) is 0 Å². The average Bonchev–Trinajstić information content (AvgIpc) is 2.27. The smallest absolute Gasteiger partial charge is 0.0635 e. The van der Waals surface area contributed by atoms with Crippen molar-refractivity contribution >= 4 is 0 Å². The molecule has 0 aromatic heterocycles. The van der Waals surface area contributed by atoms with Crippen molar-refractivity contribution in [2.75, 3.05) is 6.54 Å². The quantitative estimate of drug-likeness (QED) is 0.775. The van der Waals surface area contributed by atoms with Crippen molar-refractivity contribution in [3.8, 4) is 6.07 Å². The van der Waals surface area contributed by atoms with Gasteiger partial charge in [-0.05, 0) is 44.4 Å². The summed E-state index contributed by atoms with van der Waals surface area (Å²) >= 11 is 0. The molecule has 1 rings (SSSR count). The largest absolute Gasteiger partial charge is 0.296 e. The number of rotatable bonds is 5. The fourth-order valence-electron chi connectivity index (χ4n) is 2.01. The van der Waals surface area contributed by atoms with E-state index in [0.717, 1.165) is 13.1 Å². The number of benzene rings is 1. The van der Waals surface area contributed by atoms with Crippen LogP contribution in [-0.4, -0.2) is 17.5 Å². The van der Waals surface area contributed by atoms with E-state index in [9.17, 15) is 0 Å². The van der Waals surface area contributed by atoms with E-state index in [2.05, 4.69) is 56.9 Å². The zero-order valence-corrected chi connectivity index (χ0v) is 11.3. The van der Waals surface area contributed by atoms with Gasteiger partial charge in [0, 0.05) is 25.6 Å². The monoisotopic (exact) mass is 230 g/mol. The first kappa shape index (κ1) is 13.7. The van der Waals surface area contributed by atoms with Gasteiger partial charge in [-0.2, -0.15) is 5.26 Å². The fourth-order valence-corrected chi connectivity index (χ4v) is 2.01. The van der Waals surface area contributed by atoms with Crippen molar-refractivity contribution in [2.24, 2.45) is 0 Å². The first-order valence-electron chi connectivity index (χ1n) is 6.22. The van der Waals surface area contributed by atoms with Crippen LogP contribution in [0, 0.1) is 25.2 Å². The van der Waals surface area contributed by atoms with Crippen LogP contribution in [0.15, 0.2) is 18.2 Å². The minimum atomic E-state index is 0.474. The third-order valence-corrected chi connectivity index (χ3v) is 3.25. The molecule has 0 unspecified atom stereocenters. The molecule has 1 aromatic carbocycles. The lowest BCUT2D eigenvalue weighted by atomic mass is 10.0. The molecule has 0 aliphatic heterocycles. The van der Waals surface area contributed by atoms with Gasteiger partial charge < -0.3 is 0 Å². The highest BCUT2D eigenvalue weighted by atomic mass is 15.1. The zero-order valence-electron chi connectivity index (χ0n) is 11.3. The Morgan fingerprint density at radius 2 is 1.82 bits per heavy atom. The van der Waals surface area contributed by atoms with Crippen LogP contribution in [0.2, 0.25) is 0 Å². The third-order valence-electron chi connectivity index (χ3n) is 3.25. The van der Waals surface area contributed by atoms with Crippen LogP contribution in [0.25, 0.3) is 0 Å². The van der Waals surface area contributed by atoms with E-state index in [1.165, 1.54) is 16.7 Å². The number of hydrogen-bond acceptors (Lipinski definition) is 2. The van der Waals surface area contributed by atoms with E-state index in [4.69, 9.17) is 5.26 Å². The molecule has 92 valence electrons. The molecule has 0 atom stereocenters. The summed E-state index contributed by atoms with van der Waals surface area (Å²) in [5.41, 5.74) is 4.08. The van der Waals surface area contributed by atoms with Gasteiger partial charge in [-0.3, -0.25) is 4.90 Å². The van der Waals surface area contributed by atoms with Crippen molar-refractivity contribution in [2.45, 2.75) is 46.7 Å². The standard InChI is InChI=1S/C15H22N2/c1-12(2)17(10-6-9-16)11-15-13(3)7-5-8-14(15)4/h5,7-8,12H,6,10-11H2,1-4H3. The molecule has 0 saturated carbocycles. The van der Waals surface area contributed by atoms with E-state index in [1.54, 1.807) is 0 Å². The van der Waals surface area contributed by atoms with Crippen molar-refractivity contribution in [1.29, 1.82) is 5.26 Å². The predicted molar refractivity (Wildman–Crippen MR) is 71.7 cm³/mol. The topological polar surface area (TPSA) is 27.0 Å². The van der Waals surface area contributed by atoms with Crippen LogP contribution in [-0.2, 0) is 6.54 Å². The molecule has 0 heterocycles. The molecule has 0 aliphatic carbocycles. The van der Waals surface area contributed by atoms with Crippen LogP contribution in [0.5, 0.6) is 0 Å². The molecule has 2 nitrogen and oxygen atoms in total. The first-order valence-corrected chi connectivity index (χ1v) is 6.22. The fraction of sp³-hybridized carbons (Fsp3) is 0.533. The Bertz CT molecular complexity index is 382. The second-order valence-electron chi connectivity index (χ2n) is 4.84. The molecule has 0 bridgehead atoms. The van der Waals surface area contributed by atoms with Gasteiger partial charge >= 0.3 is 0 Å². The first-order chi connectivity index (χ1) is 8.06. The highest BCUT2D eigenvalue weighted by Gasteiger charge is 2.12. The predicted octanol–water partition coefficient (Wildman–Crippen LogP) is 3.43. The van der Waals surface area contributed by atoms with Gasteiger partial charge in [-0.1, -0.05) is 18.2 Å². The second kappa shape index (κ2) is 6.42. The van der Waals surface area contributed by atoms with E-state index in [0.29, 0.717) is 12.5 Å². The van der Waals surface area contributed by atoms with Crippen LogP contribution in [0.3, 0.4) is 0 Å². The van der Waals surface area contributed by atoms with Crippen LogP contribution < -0.4 is 0 Å². The van der Waals surface area contributed by atoms with Gasteiger partial charge in [-0.15, -0.1) is 0 Å². The van der Waals surface area contributed by atoms with Gasteiger partial charge in [-0.25, -0.2) is 0 Å². The molecular formula is C15H22N2. The molecule has 0 aliphatic rings. The Kier molecular flexibility index (Phi) is 5.18. The molecule has 0 amide bonds. The van der Waals surface area contributed by atoms with E-state index in [1.807, 2.05) is 0 Å². The van der Waals surface area contributed by atoms with Gasteiger partial charge in [0.05, 0.1) is 6.07 Å². The Balaban J connectivity index is 2.83. The zero-order chi connectivity index (χ0) is 12.8. The summed E-state index contributed by atoms with van der Waals surface area (Å²) < 4.78 is 0. The van der Waals surface area contributed by atoms with Crippen molar-refractivity contribution in [1.82, 2.24) is 4.90 Å². The minimum Gasteiger partial charge on any atom is -0.296 e. The van der Waals surface area contributed by atoms with Gasteiger partial charge in [0.1, 0.15) is 0 Å². The Morgan fingerprint density at radius 3 is 2.29 bits per heavy atom. The lowest BCUT2D eigenvalue weighted by Gasteiger charge is -2.27. The summed E-state index contributed by atoms with van der Waals surface area (Å²) in [5.74, 6) is 0. The summed E-state index contributed by atoms with van der Waals surface area (Å²) in [6.45, 7) is 10.5. The van der Waals surface area contributed by atoms with E-state index >= 15 is 0 Å². The van der Waals surface area contributed by atoms with Crippen molar-refractivity contribution in [3.05, 3.63) is 34.9 Å². The summed E-state index contributed by atoms with van der Waals surface area (Å²) in [7, 11) is 0. The maximum Gasteiger partial charge on any atom is 0.0635 e. The van der Waals surface area contributed by atoms with Crippen LogP contribution in [0.1, 0.15) is 37.0 Å². The Hall–Kier alpha value is -1.33. The lowest BCUT2D eigenvalue weighted by molar-refractivity contribution is 0.217. The van der Waals surface area contributed by atoms with Crippen molar-refractivity contribution < 1.29 is 0 Å². The molecule has 1 aromatic rings. The van der Waals surface area contributed by atoms with Crippen LogP contribution >= 0.6 is 0 Å². The molecule has 17 heavy (non-hydrogen) atoms. The minimum absolute atomic E-state index is 0.474. The maximum atomic E-state index is 8.70. The highest BCUT2D eigenvalue weighted by Crippen LogP contribution is 2.17. The molecule has 0 saturated heterocycles. The Labute approximate surface area is 105 Å². The van der Waals surface area contributed by atoms with Crippen molar-refractivity contribution in [3.63, 3.8) is 0 Å². The number of nitrogens with zero attached hydrogens (tertiary/aromatic N) is 2. The third kappa shape index (κ3) is 3.87. The number of nitriles is 1. The Morgan fingerprint density at radius 1 is 1.24 bits per heavy atom. The van der Waals surface area contributed by atoms with Gasteiger partial charge in [0.15, 0.2) is 0 Å². The molecule has 0 spiro atoms. The SMILES string of the molecule is Cc1cccc(C)c1CN(CCC#N)C(C)C. The summed E-state index contributed by atoms with van der Waals surface area (Å²) in [5, 5.41) is 8.70. The van der Waals surface area contributed by atoms with E-state index < -0.39 is 0 Å². The molecule has 0 N–H and O–H groups in total. The maximum absolute atomic E-state index is 8.70. The average molecular weight is 230 g/mol. The highest BCUT2D eigenvalue weighted by molar-refractivity contribution is 5.33.